The molecule has 0 bridgehead atoms. The van der Waals surface area contributed by atoms with E-state index >= 15 is 0 Å². The number of aromatic amines is 1. The Hall–Kier alpha value is -4.22. The minimum absolute atomic E-state index is 0.0267. The van der Waals surface area contributed by atoms with Crippen molar-refractivity contribution in [1.82, 2.24) is 14.7 Å². The highest BCUT2D eigenvalue weighted by atomic mass is 32.1. The molecule has 3 heterocycles. The highest BCUT2D eigenvalue weighted by Crippen LogP contribution is 2.36. The molecule has 1 saturated heterocycles. The number of nitrogens with zero attached hydrogens (tertiary/aromatic N) is 2. The van der Waals surface area contributed by atoms with Gasteiger partial charge in [-0.1, -0.05) is 24.3 Å². The molecule has 2 aromatic heterocycles. The number of benzene rings is 2. The van der Waals surface area contributed by atoms with E-state index in [4.69, 9.17) is 16.2 Å². The zero-order chi connectivity index (χ0) is 27.7. The Morgan fingerprint density at radius 3 is 2.69 bits per heavy atom. The summed E-state index contributed by atoms with van der Waals surface area (Å²) in [7, 11) is 0. The Balaban J connectivity index is 1.66. The maximum absolute atomic E-state index is 14.3. The van der Waals surface area contributed by atoms with E-state index in [-0.39, 0.29) is 28.3 Å². The molecule has 0 unspecified atom stereocenters. The number of primary amides is 1. The number of hydrogen-bond donors (Lipinski definition) is 4. The number of H-pyrrole nitrogens is 1. The molecule has 1 aliphatic heterocycles. The molecule has 2 atom stereocenters. The number of nitrogen functional groups attached to an aromatic ring is 1. The van der Waals surface area contributed by atoms with Gasteiger partial charge in [0, 0.05) is 41.5 Å². The van der Waals surface area contributed by atoms with Gasteiger partial charge in [-0.3, -0.25) is 19.3 Å². The number of carbonyl (C=O) groups excluding carboxylic acids is 3. The third kappa shape index (κ3) is 5.10. The molecule has 39 heavy (non-hydrogen) atoms. The number of anilines is 2. The fourth-order valence-corrected chi connectivity index (χ4v) is 5.57. The van der Waals surface area contributed by atoms with Crippen molar-refractivity contribution in [3.05, 3.63) is 75.9 Å². The summed E-state index contributed by atoms with van der Waals surface area (Å²) in [5.74, 6) is -1.77. The Kier molecular flexibility index (Phi) is 7.36. The van der Waals surface area contributed by atoms with Gasteiger partial charge < -0.3 is 26.5 Å². The number of aryl methyl sites for hydroxylation is 2. The summed E-state index contributed by atoms with van der Waals surface area (Å²) < 4.78 is 9.73. The van der Waals surface area contributed by atoms with Crippen molar-refractivity contribution in [3.63, 3.8) is 0 Å². The van der Waals surface area contributed by atoms with Gasteiger partial charge in [0.25, 0.3) is 11.8 Å². The van der Waals surface area contributed by atoms with E-state index in [0.29, 0.717) is 24.4 Å². The molecule has 6 N–H and O–H groups in total. The second-order valence-electron chi connectivity index (χ2n) is 9.65. The average Bonchev–Trinajstić information content (AvgIpc) is 3.67. The van der Waals surface area contributed by atoms with Gasteiger partial charge in [-0.15, -0.1) is 0 Å². The molecule has 0 aliphatic carbocycles. The summed E-state index contributed by atoms with van der Waals surface area (Å²) in [5.41, 5.74) is 15.2. The molecule has 11 heteroatoms. The van der Waals surface area contributed by atoms with Crippen LogP contribution in [-0.2, 0) is 9.53 Å². The van der Waals surface area contributed by atoms with Gasteiger partial charge in [0.2, 0.25) is 5.91 Å². The SMILES string of the molecule is Cc1ccc(N(C(=O)c2snc(C(N)=O)c2N)[C@H](C(=O)NC[C@@H]2CCCO2)c2c[nH]c3ccccc23)cc1C. The van der Waals surface area contributed by atoms with Gasteiger partial charge in [-0.05, 0) is 67.5 Å². The van der Waals surface area contributed by atoms with Crippen LogP contribution in [0.4, 0.5) is 11.4 Å². The van der Waals surface area contributed by atoms with Crippen molar-refractivity contribution in [3.8, 4) is 0 Å². The van der Waals surface area contributed by atoms with Crippen LogP contribution in [0.15, 0.2) is 48.7 Å². The van der Waals surface area contributed by atoms with E-state index in [1.165, 1.54) is 4.90 Å². The Labute approximate surface area is 229 Å². The molecule has 5 rings (SSSR count). The molecule has 10 nitrogen and oxygen atoms in total. The second-order valence-corrected chi connectivity index (χ2v) is 10.4. The first-order valence-electron chi connectivity index (χ1n) is 12.7. The van der Waals surface area contributed by atoms with Crippen LogP contribution in [0.25, 0.3) is 10.9 Å². The number of aromatic nitrogens is 2. The molecule has 202 valence electrons. The highest BCUT2D eigenvalue weighted by molar-refractivity contribution is 7.09. The summed E-state index contributed by atoms with van der Waals surface area (Å²) in [6.45, 7) is 4.89. The van der Waals surface area contributed by atoms with E-state index in [1.54, 1.807) is 12.3 Å². The Morgan fingerprint density at radius 2 is 2.00 bits per heavy atom. The number of nitrogens with two attached hydrogens (primary N) is 2. The third-order valence-corrected chi connectivity index (χ3v) is 7.94. The molecule has 3 amide bonds. The van der Waals surface area contributed by atoms with E-state index in [2.05, 4.69) is 14.7 Å². The molecule has 0 spiro atoms. The molecular formula is C28H30N6O4S. The molecular weight excluding hydrogens is 516 g/mol. The number of para-hydroxylation sites is 1. The predicted octanol–water partition coefficient (Wildman–Crippen LogP) is 3.61. The zero-order valence-electron chi connectivity index (χ0n) is 21.7. The van der Waals surface area contributed by atoms with Gasteiger partial charge >= 0.3 is 0 Å². The van der Waals surface area contributed by atoms with Crippen LogP contribution in [0.5, 0.6) is 0 Å². The van der Waals surface area contributed by atoms with Gasteiger partial charge in [-0.25, -0.2) is 0 Å². The largest absolute Gasteiger partial charge is 0.395 e. The van der Waals surface area contributed by atoms with Crippen molar-refractivity contribution in [2.75, 3.05) is 23.8 Å². The minimum atomic E-state index is -1.07. The monoisotopic (exact) mass is 546 g/mol. The molecule has 0 radical (unpaired) electrons. The Morgan fingerprint density at radius 1 is 1.21 bits per heavy atom. The maximum atomic E-state index is 14.3. The topological polar surface area (TPSA) is 156 Å². The maximum Gasteiger partial charge on any atom is 0.273 e. The lowest BCUT2D eigenvalue weighted by atomic mass is 10.0. The van der Waals surface area contributed by atoms with Gasteiger partial charge in [0.05, 0.1) is 11.8 Å². The standard InChI is InChI=1S/C28H30N6O4S/c1-15-9-10-17(12-16(15)2)34(28(37)25-22(29)23(26(30)35)33-39-25)24(27(36)32-13-18-6-5-11-38-18)20-14-31-21-8-4-3-7-19(20)21/h3-4,7-10,12,14,18,24,31H,5-6,11,13,29H2,1-2H3,(H2,30,35)(H,32,36)/t18-,24-/m0/s1. The zero-order valence-corrected chi connectivity index (χ0v) is 22.5. The van der Waals surface area contributed by atoms with Crippen molar-refractivity contribution in [1.29, 1.82) is 0 Å². The first-order valence-corrected chi connectivity index (χ1v) is 13.4. The number of rotatable bonds is 8. The number of nitrogens with one attached hydrogen (secondary N) is 2. The van der Waals surface area contributed by atoms with Gasteiger partial charge in [0.15, 0.2) is 5.69 Å². The quantitative estimate of drug-likeness (QED) is 0.264. The summed E-state index contributed by atoms with van der Waals surface area (Å²) >= 11 is 0.780. The van der Waals surface area contributed by atoms with E-state index in [1.807, 2.05) is 50.2 Å². The van der Waals surface area contributed by atoms with E-state index in [0.717, 1.165) is 46.4 Å². The first-order chi connectivity index (χ1) is 18.8. The summed E-state index contributed by atoms with van der Waals surface area (Å²) in [6.07, 6.45) is 3.45. The fourth-order valence-electron chi connectivity index (χ4n) is 4.83. The fraction of sp³-hybridized carbons (Fsp3) is 0.286. The van der Waals surface area contributed by atoms with Gasteiger partial charge in [-0.2, -0.15) is 4.37 Å². The summed E-state index contributed by atoms with van der Waals surface area (Å²) in [4.78, 5) is 44.8. The van der Waals surface area contributed by atoms with Crippen molar-refractivity contribution in [2.45, 2.75) is 38.8 Å². The van der Waals surface area contributed by atoms with Crippen LogP contribution in [0.3, 0.4) is 0 Å². The third-order valence-electron chi connectivity index (χ3n) is 7.09. The van der Waals surface area contributed by atoms with Crippen LogP contribution in [-0.4, -0.2) is 46.3 Å². The molecule has 1 fully saturated rings. The number of amides is 3. The van der Waals surface area contributed by atoms with Crippen molar-refractivity contribution >= 4 is 51.5 Å². The van der Waals surface area contributed by atoms with Crippen LogP contribution in [0.2, 0.25) is 0 Å². The van der Waals surface area contributed by atoms with E-state index < -0.39 is 17.9 Å². The van der Waals surface area contributed by atoms with E-state index in [9.17, 15) is 14.4 Å². The second kappa shape index (κ2) is 10.9. The first kappa shape index (κ1) is 26.4. The summed E-state index contributed by atoms with van der Waals surface area (Å²) in [6, 6.07) is 12.0. The smallest absolute Gasteiger partial charge is 0.273 e. The van der Waals surface area contributed by atoms with Crippen LogP contribution >= 0.6 is 11.5 Å². The lowest BCUT2D eigenvalue weighted by molar-refractivity contribution is -0.123. The molecule has 4 aromatic rings. The predicted molar refractivity (Wildman–Crippen MR) is 151 cm³/mol. The van der Waals surface area contributed by atoms with Crippen molar-refractivity contribution in [2.24, 2.45) is 5.73 Å². The molecule has 1 aliphatic rings. The van der Waals surface area contributed by atoms with Gasteiger partial charge in [0.1, 0.15) is 10.9 Å². The Bertz CT molecular complexity index is 1550. The highest BCUT2D eigenvalue weighted by Gasteiger charge is 2.37. The average molecular weight is 547 g/mol. The number of fused-ring (bicyclic) bond motifs is 1. The number of ether oxygens (including phenoxy) is 1. The lowest BCUT2D eigenvalue weighted by Gasteiger charge is -2.31. The molecule has 0 saturated carbocycles. The minimum Gasteiger partial charge on any atom is -0.395 e. The molecule has 2 aromatic carbocycles. The lowest BCUT2D eigenvalue weighted by Crippen LogP contribution is -2.45. The summed E-state index contributed by atoms with van der Waals surface area (Å²) in [5, 5.41) is 3.81. The van der Waals surface area contributed by atoms with Crippen LogP contribution in [0.1, 0.15) is 55.7 Å². The normalized spacial score (nSPS) is 15.8. The van der Waals surface area contributed by atoms with Crippen molar-refractivity contribution < 1.29 is 19.1 Å². The number of hydrogen-bond acceptors (Lipinski definition) is 7. The van der Waals surface area contributed by atoms with Crippen LogP contribution in [0, 0.1) is 13.8 Å². The number of carbonyl (C=O) groups is 3. The van der Waals surface area contributed by atoms with Crippen LogP contribution < -0.4 is 21.7 Å².